The fourth-order valence-corrected chi connectivity index (χ4v) is 5.31. The van der Waals surface area contributed by atoms with E-state index < -0.39 is 34.4 Å². The largest absolute Gasteiger partial charge is 0.491 e. The lowest BCUT2D eigenvalue weighted by Crippen LogP contribution is -2.43. The SMILES string of the molecule is CS(=O)(=O)Nc1ccc(OCC(=O)N2CCc3nc4ccccn4c3C2c2ccc(OCCO)cc2F)c(Cl)n1. The third-order valence-corrected chi connectivity index (χ3v) is 7.06. The first-order valence-corrected chi connectivity index (χ1v) is 14.5. The van der Waals surface area contributed by atoms with Crippen molar-refractivity contribution < 1.29 is 32.2 Å². The number of pyridine rings is 2. The first-order valence-electron chi connectivity index (χ1n) is 12.2. The maximum absolute atomic E-state index is 15.5. The lowest BCUT2D eigenvalue weighted by Gasteiger charge is -2.36. The summed E-state index contributed by atoms with van der Waals surface area (Å²) in [6.07, 6.45) is 3.24. The molecule has 1 aromatic carbocycles. The maximum Gasteiger partial charge on any atom is 0.261 e. The number of nitrogens with zero attached hydrogens (tertiary/aromatic N) is 4. The smallest absolute Gasteiger partial charge is 0.261 e. The van der Waals surface area contributed by atoms with E-state index in [-0.39, 0.29) is 47.8 Å². The number of halogens is 2. The number of aliphatic hydroxyl groups is 1. The van der Waals surface area contributed by atoms with Crippen molar-refractivity contribution in [1.29, 1.82) is 0 Å². The number of aliphatic hydroxyl groups excluding tert-OH is 1. The number of nitrogens with one attached hydrogen (secondary N) is 1. The molecular weight excluding hydrogens is 565 g/mol. The first-order chi connectivity index (χ1) is 19.1. The summed E-state index contributed by atoms with van der Waals surface area (Å²) in [5.41, 5.74) is 2.33. The molecule has 1 unspecified atom stereocenters. The van der Waals surface area contributed by atoms with E-state index in [0.717, 1.165) is 11.9 Å². The van der Waals surface area contributed by atoms with Gasteiger partial charge in [-0.2, -0.15) is 0 Å². The summed E-state index contributed by atoms with van der Waals surface area (Å²) in [6, 6.07) is 11.8. The fraction of sp³-hybridized carbons (Fsp3) is 0.269. The zero-order valence-corrected chi connectivity index (χ0v) is 22.8. The number of ether oxygens (including phenoxy) is 2. The van der Waals surface area contributed by atoms with Crippen LogP contribution in [0.25, 0.3) is 5.65 Å². The second kappa shape index (κ2) is 11.3. The van der Waals surface area contributed by atoms with Crippen LogP contribution >= 0.6 is 11.6 Å². The number of sulfonamides is 1. The van der Waals surface area contributed by atoms with Crippen molar-refractivity contribution in [2.24, 2.45) is 0 Å². The van der Waals surface area contributed by atoms with Crippen LogP contribution in [0.15, 0.2) is 54.7 Å². The second-order valence-electron chi connectivity index (χ2n) is 9.02. The number of hydrogen-bond donors (Lipinski definition) is 2. The van der Waals surface area contributed by atoms with Gasteiger partial charge in [-0.15, -0.1) is 0 Å². The summed E-state index contributed by atoms with van der Waals surface area (Å²) in [4.78, 5) is 23.7. The van der Waals surface area contributed by atoms with Gasteiger partial charge in [0.25, 0.3) is 5.91 Å². The van der Waals surface area contributed by atoms with Crippen molar-refractivity contribution in [3.63, 3.8) is 0 Å². The van der Waals surface area contributed by atoms with E-state index in [1.807, 2.05) is 28.8 Å². The molecule has 2 N–H and O–H groups in total. The Hall–Kier alpha value is -3.94. The van der Waals surface area contributed by atoms with Crippen LogP contribution in [0.2, 0.25) is 5.15 Å². The standard InChI is InChI=1S/C26H25ClFN5O6S/c1-40(36,37)31-21-8-7-20(26(27)30-21)39-15-23(35)33-11-9-19-25(32-10-3-2-4-22(32)29-19)24(33)17-6-5-16(14-18(17)28)38-13-12-34/h2-8,10,14,24,34H,9,11-13,15H2,1H3,(H,30,31). The molecule has 11 nitrogen and oxygen atoms in total. The van der Waals surface area contributed by atoms with E-state index in [4.69, 9.17) is 31.2 Å². The van der Waals surface area contributed by atoms with Crippen molar-refractivity contribution >= 4 is 39.0 Å². The third kappa shape index (κ3) is 5.81. The van der Waals surface area contributed by atoms with Gasteiger partial charge in [0.1, 0.15) is 35.7 Å². The monoisotopic (exact) mass is 589 g/mol. The summed E-state index contributed by atoms with van der Waals surface area (Å²) in [7, 11) is -3.56. The third-order valence-electron chi connectivity index (χ3n) is 6.21. The number of carbonyl (C=O) groups excluding carboxylic acids is 1. The van der Waals surface area contributed by atoms with Gasteiger partial charge in [-0.1, -0.05) is 17.7 Å². The quantitative estimate of drug-likeness (QED) is 0.285. The van der Waals surface area contributed by atoms with Crippen LogP contribution in [-0.4, -0.2) is 71.3 Å². The van der Waals surface area contributed by atoms with Gasteiger partial charge >= 0.3 is 0 Å². The van der Waals surface area contributed by atoms with Crippen molar-refractivity contribution in [2.75, 3.05) is 37.3 Å². The molecule has 40 heavy (non-hydrogen) atoms. The highest BCUT2D eigenvalue weighted by Crippen LogP contribution is 2.38. The molecule has 1 atom stereocenters. The Balaban J connectivity index is 1.45. The summed E-state index contributed by atoms with van der Waals surface area (Å²) in [6.45, 7) is -0.364. The lowest BCUT2D eigenvalue weighted by molar-refractivity contribution is -0.135. The van der Waals surface area contributed by atoms with Crippen LogP contribution in [0.1, 0.15) is 23.0 Å². The Morgan fingerprint density at radius 1 is 1.20 bits per heavy atom. The van der Waals surface area contributed by atoms with E-state index >= 15 is 4.39 Å². The Morgan fingerprint density at radius 2 is 2.02 bits per heavy atom. The number of carbonyl (C=O) groups is 1. The Bertz CT molecular complexity index is 1680. The van der Waals surface area contributed by atoms with Crippen LogP contribution in [-0.2, 0) is 21.2 Å². The van der Waals surface area contributed by atoms with E-state index in [1.54, 1.807) is 12.1 Å². The molecular formula is C26H25ClFN5O6S. The van der Waals surface area contributed by atoms with Gasteiger partial charge in [0.2, 0.25) is 10.0 Å². The van der Waals surface area contributed by atoms with E-state index in [9.17, 15) is 13.2 Å². The van der Waals surface area contributed by atoms with Gasteiger partial charge < -0.3 is 23.9 Å². The number of benzene rings is 1. The lowest BCUT2D eigenvalue weighted by atomic mass is 9.94. The molecule has 5 rings (SSSR count). The molecule has 0 bridgehead atoms. The van der Waals surface area contributed by atoms with Crippen molar-refractivity contribution in [2.45, 2.75) is 12.5 Å². The minimum absolute atomic E-state index is 0.00398. The predicted octanol–water partition coefficient (Wildman–Crippen LogP) is 2.82. The average Bonchev–Trinajstić information content (AvgIpc) is 3.29. The first kappa shape index (κ1) is 27.6. The van der Waals surface area contributed by atoms with Gasteiger partial charge in [-0.05, 0) is 36.4 Å². The van der Waals surface area contributed by atoms with Gasteiger partial charge in [-0.25, -0.2) is 22.8 Å². The normalized spacial score (nSPS) is 15.1. The van der Waals surface area contributed by atoms with Crippen LogP contribution in [0.4, 0.5) is 10.2 Å². The van der Waals surface area contributed by atoms with Crippen LogP contribution in [0, 0.1) is 5.82 Å². The Labute approximate surface area is 234 Å². The highest BCUT2D eigenvalue weighted by Gasteiger charge is 2.37. The molecule has 3 aromatic heterocycles. The summed E-state index contributed by atoms with van der Waals surface area (Å²) in [5.74, 6) is -0.685. The van der Waals surface area contributed by atoms with E-state index in [0.29, 0.717) is 17.8 Å². The molecule has 4 aromatic rings. The van der Waals surface area contributed by atoms with Gasteiger partial charge in [0, 0.05) is 30.8 Å². The zero-order chi connectivity index (χ0) is 28.4. The highest BCUT2D eigenvalue weighted by molar-refractivity contribution is 7.92. The molecule has 210 valence electrons. The second-order valence-corrected chi connectivity index (χ2v) is 11.1. The predicted molar refractivity (Wildman–Crippen MR) is 145 cm³/mol. The van der Waals surface area contributed by atoms with Crippen LogP contribution in [0.3, 0.4) is 0 Å². The van der Waals surface area contributed by atoms with Crippen LogP contribution in [0.5, 0.6) is 11.5 Å². The molecule has 0 fully saturated rings. The molecule has 0 radical (unpaired) electrons. The van der Waals surface area contributed by atoms with Crippen molar-refractivity contribution in [3.8, 4) is 11.5 Å². The molecule has 0 spiro atoms. The molecule has 14 heteroatoms. The minimum atomic E-state index is -3.56. The molecule has 0 saturated carbocycles. The Kier molecular flexibility index (Phi) is 7.79. The van der Waals surface area contributed by atoms with Crippen molar-refractivity contribution in [3.05, 3.63) is 82.6 Å². The number of fused-ring (bicyclic) bond motifs is 3. The molecule has 1 amide bonds. The number of imidazole rings is 1. The molecule has 0 aliphatic carbocycles. The number of aromatic nitrogens is 3. The highest BCUT2D eigenvalue weighted by atomic mass is 35.5. The fourth-order valence-electron chi connectivity index (χ4n) is 4.61. The molecule has 1 aliphatic rings. The number of amides is 1. The van der Waals surface area contributed by atoms with Gasteiger partial charge in [0.15, 0.2) is 17.5 Å². The molecule has 0 saturated heterocycles. The molecule has 1 aliphatic heterocycles. The topological polar surface area (TPSA) is 135 Å². The van der Waals surface area contributed by atoms with Crippen LogP contribution < -0.4 is 14.2 Å². The van der Waals surface area contributed by atoms with Crippen molar-refractivity contribution in [1.82, 2.24) is 19.3 Å². The summed E-state index contributed by atoms with van der Waals surface area (Å²) in [5, 5.41) is 8.89. The number of anilines is 1. The van der Waals surface area contributed by atoms with E-state index in [1.165, 1.54) is 23.1 Å². The van der Waals surface area contributed by atoms with Gasteiger partial charge in [-0.3, -0.25) is 9.52 Å². The minimum Gasteiger partial charge on any atom is -0.491 e. The molecule has 4 heterocycles. The van der Waals surface area contributed by atoms with Gasteiger partial charge in [0.05, 0.1) is 24.3 Å². The number of hydrogen-bond acceptors (Lipinski definition) is 8. The Morgan fingerprint density at radius 3 is 2.75 bits per heavy atom. The maximum atomic E-state index is 15.5. The number of rotatable bonds is 9. The summed E-state index contributed by atoms with van der Waals surface area (Å²) >= 11 is 6.16. The average molecular weight is 590 g/mol. The van der Waals surface area contributed by atoms with E-state index in [2.05, 4.69) is 9.71 Å². The zero-order valence-electron chi connectivity index (χ0n) is 21.3. The summed E-state index contributed by atoms with van der Waals surface area (Å²) < 4.78 is 53.5.